The van der Waals surface area contributed by atoms with Crippen molar-refractivity contribution < 1.29 is 9.53 Å². The number of hydrogen-bond acceptors (Lipinski definition) is 3. The van der Waals surface area contributed by atoms with Gasteiger partial charge in [-0.15, -0.1) is 0 Å². The van der Waals surface area contributed by atoms with Crippen LogP contribution >= 0.6 is 0 Å². The number of amides is 1. The summed E-state index contributed by atoms with van der Waals surface area (Å²) in [5, 5.41) is 6.39. The van der Waals surface area contributed by atoms with Gasteiger partial charge in [0.2, 0.25) is 5.91 Å². The fourth-order valence-electron chi connectivity index (χ4n) is 2.56. The second-order valence-electron chi connectivity index (χ2n) is 6.53. The molecule has 0 spiro atoms. The highest BCUT2D eigenvalue weighted by atomic mass is 16.5. The minimum atomic E-state index is -0.127. The smallest absolute Gasteiger partial charge is 0.237 e. The largest absolute Gasteiger partial charge is 0.385 e. The summed E-state index contributed by atoms with van der Waals surface area (Å²) < 4.78 is 5.11. The molecule has 116 valence electrons. The number of carbonyl (C=O) groups excluding carboxylic acids is 1. The first-order valence-electron chi connectivity index (χ1n) is 7.59. The number of carbonyl (C=O) groups is 1. The monoisotopic (exact) mass is 290 g/mol. The molecule has 0 fully saturated rings. The molecule has 21 heavy (non-hydrogen) atoms. The molecule has 4 heteroatoms. The van der Waals surface area contributed by atoms with Crippen LogP contribution in [0.5, 0.6) is 0 Å². The van der Waals surface area contributed by atoms with Gasteiger partial charge in [-0.2, -0.15) is 0 Å². The lowest BCUT2D eigenvalue weighted by Gasteiger charge is -2.28. The van der Waals surface area contributed by atoms with E-state index in [9.17, 15) is 4.79 Å². The standard InChI is InChI=1S/C17H26N2O2/c1-17(2,8-9-21-3)12-19-16(20)15-10-13-6-4-5-7-14(13)11-18-15/h4-7,15,18H,8-12H2,1-3H3,(H,19,20)/t15-/m0/s1. The molecular formula is C17H26N2O2. The lowest BCUT2D eigenvalue weighted by atomic mass is 9.89. The zero-order chi connectivity index (χ0) is 15.3. The van der Waals surface area contributed by atoms with Gasteiger partial charge in [-0.3, -0.25) is 4.79 Å². The molecule has 0 radical (unpaired) electrons. The summed E-state index contributed by atoms with van der Waals surface area (Å²) in [6, 6.07) is 8.17. The van der Waals surface area contributed by atoms with E-state index < -0.39 is 0 Å². The Hall–Kier alpha value is -1.39. The summed E-state index contributed by atoms with van der Waals surface area (Å²) >= 11 is 0. The Kier molecular flexibility index (Phi) is 5.37. The Morgan fingerprint density at radius 2 is 2.10 bits per heavy atom. The highest BCUT2D eigenvalue weighted by Gasteiger charge is 2.25. The van der Waals surface area contributed by atoms with Gasteiger partial charge in [0, 0.05) is 26.8 Å². The number of hydrogen-bond donors (Lipinski definition) is 2. The average molecular weight is 290 g/mol. The van der Waals surface area contributed by atoms with Crippen molar-refractivity contribution in [3.63, 3.8) is 0 Å². The van der Waals surface area contributed by atoms with Crippen molar-refractivity contribution in [3.05, 3.63) is 35.4 Å². The maximum atomic E-state index is 12.3. The van der Waals surface area contributed by atoms with Gasteiger partial charge in [0.25, 0.3) is 0 Å². The van der Waals surface area contributed by atoms with Crippen LogP contribution in [0, 0.1) is 5.41 Å². The van der Waals surface area contributed by atoms with Crippen LogP contribution in [-0.4, -0.2) is 32.2 Å². The number of ether oxygens (including phenoxy) is 1. The van der Waals surface area contributed by atoms with Crippen LogP contribution < -0.4 is 10.6 Å². The van der Waals surface area contributed by atoms with Crippen molar-refractivity contribution in [2.45, 2.75) is 39.3 Å². The van der Waals surface area contributed by atoms with Crippen molar-refractivity contribution in [3.8, 4) is 0 Å². The molecule has 1 aromatic carbocycles. The van der Waals surface area contributed by atoms with Crippen LogP contribution in [0.25, 0.3) is 0 Å². The van der Waals surface area contributed by atoms with Gasteiger partial charge in [0.15, 0.2) is 0 Å². The van der Waals surface area contributed by atoms with E-state index in [2.05, 4.69) is 36.6 Å². The number of rotatable bonds is 6. The van der Waals surface area contributed by atoms with Crippen molar-refractivity contribution in [2.24, 2.45) is 5.41 Å². The van der Waals surface area contributed by atoms with Gasteiger partial charge < -0.3 is 15.4 Å². The third-order valence-corrected chi connectivity index (χ3v) is 4.12. The second-order valence-corrected chi connectivity index (χ2v) is 6.53. The van der Waals surface area contributed by atoms with Gasteiger partial charge in [-0.1, -0.05) is 38.1 Å². The third-order valence-electron chi connectivity index (χ3n) is 4.12. The molecule has 0 saturated carbocycles. The molecule has 2 N–H and O–H groups in total. The molecule has 0 unspecified atom stereocenters. The lowest BCUT2D eigenvalue weighted by Crippen LogP contribution is -2.49. The van der Waals surface area contributed by atoms with E-state index in [1.54, 1.807) is 7.11 Å². The lowest BCUT2D eigenvalue weighted by molar-refractivity contribution is -0.123. The zero-order valence-electron chi connectivity index (χ0n) is 13.2. The van der Waals surface area contributed by atoms with Gasteiger partial charge in [0.05, 0.1) is 6.04 Å². The Morgan fingerprint density at radius 1 is 1.38 bits per heavy atom. The van der Waals surface area contributed by atoms with E-state index in [4.69, 9.17) is 4.74 Å². The predicted molar refractivity (Wildman–Crippen MR) is 84.1 cm³/mol. The first-order valence-corrected chi connectivity index (χ1v) is 7.59. The molecule has 1 aromatic rings. The van der Waals surface area contributed by atoms with Crippen LogP contribution in [0.2, 0.25) is 0 Å². The summed E-state index contributed by atoms with van der Waals surface area (Å²) in [5.41, 5.74) is 2.62. The maximum absolute atomic E-state index is 12.3. The van der Waals surface area contributed by atoms with Crippen LogP contribution in [0.4, 0.5) is 0 Å². The Morgan fingerprint density at radius 3 is 2.81 bits per heavy atom. The molecule has 0 saturated heterocycles. The summed E-state index contributed by atoms with van der Waals surface area (Å²) in [7, 11) is 1.71. The molecule has 1 atom stereocenters. The number of nitrogens with one attached hydrogen (secondary N) is 2. The molecule has 1 heterocycles. The molecule has 0 aliphatic carbocycles. The first-order chi connectivity index (χ1) is 10.0. The highest BCUT2D eigenvalue weighted by molar-refractivity contribution is 5.82. The van der Waals surface area contributed by atoms with E-state index in [0.29, 0.717) is 6.54 Å². The highest BCUT2D eigenvalue weighted by Crippen LogP contribution is 2.20. The quantitative estimate of drug-likeness (QED) is 0.841. The van der Waals surface area contributed by atoms with Crippen molar-refractivity contribution in [1.29, 1.82) is 0 Å². The zero-order valence-corrected chi connectivity index (χ0v) is 13.2. The minimum Gasteiger partial charge on any atom is -0.385 e. The molecule has 0 aromatic heterocycles. The molecule has 1 aliphatic rings. The molecule has 1 aliphatic heterocycles. The molecule has 1 amide bonds. The molecular weight excluding hydrogens is 264 g/mol. The van der Waals surface area contributed by atoms with Crippen molar-refractivity contribution >= 4 is 5.91 Å². The van der Waals surface area contributed by atoms with E-state index in [1.165, 1.54) is 11.1 Å². The minimum absolute atomic E-state index is 0.0538. The van der Waals surface area contributed by atoms with Gasteiger partial charge in [0.1, 0.15) is 0 Å². The first kappa shape index (κ1) is 16.0. The van der Waals surface area contributed by atoms with E-state index >= 15 is 0 Å². The predicted octanol–water partition coefficient (Wildman–Crippen LogP) is 1.88. The van der Waals surface area contributed by atoms with Gasteiger partial charge >= 0.3 is 0 Å². The van der Waals surface area contributed by atoms with Crippen LogP contribution in [0.3, 0.4) is 0 Å². The van der Waals surface area contributed by atoms with Crippen LogP contribution in [0.1, 0.15) is 31.4 Å². The Bertz CT molecular complexity index is 485. The number of benzene rings is 1. The van der Waals surface area contributed by atoms with Crippen LogP contribution in [0.15, 0.2) is 24.3 Å². The van der Waals surface area contributed by atoms with Gasteiger partial charge in [-0.05, 0) is 29.4 Å². The SMILES string of the molecule is COCCC(C)(C)CNC(=O)[C@@H]1Cc2ccccc2CN1. The van der Waals surface area contributed by atoms with Gasteiger partial charge in [-0.25, -0.2) is 0 Å². The maximum Gasteiger partial charge on any atom is 0.237 e. The van der Waals surface area contributed by atoms with Crippen molar-refractivity contribution in [1.82, 2.24) is 10.6 Å². The number of fused-ring (bicyclic) bond motifs is 1. The fraction of sp³-hybridized carbons (Fsp3) is 0.588. The summed E-state index contributed by atoms with van der Waals surface area (Å²) in [6.45, 7) is 6.46. The average Bonchev–Trinajstić information content (AvgIpc) is 2.50. The summed E-state index contributed by atoms with van der Waals surface area (Å²) in [4.78, 5) is 12.3. The fourth-order valence-corrected chi connectivity index (χ4v) is 2.56. The second kappa shape index (κ2) is 7.05. The van der Waals surface area contributed by atoms with E-state index in [1.807, 2.05) is 12.1 Å². The Balaban J connectivity index is 1.85. The van der Waals surface area contributed by atoms with E-state index in [-0.39, 0.29) is 17.4 Å². The summed E-state index contributed by atoms with van der Waals surface area (Å²) in [6.07, 6.45) is 1.70. The van der Waals surface area contributed by atoms with E-state index in [0.717, 1.165) is 26.0 Å². The van der Waals surface area contributed by atoms with Crippen molar-refractivity contribution in [2.75, 3.05) is 20.3 Å². The van der Waals surface area contributed by atoms with Crippen LogP contribution in [-0.2, 0) is 22.5 Å². The third kappa shape index (κ3) is 4.55. The molecule has 4 nitrogen and oxygen atoms in total. The molecule has 2 rings (SSSR count). The number of methoxy groups -OCH3 is 1. The summed E-state index contributed by atoms with van der Waals surface area (Å²) in [5.74, 6) is 0.0926. The molecule has 0 bridgehead atoms. The Labute approximate surface area is 127 Å². The normalized spacial score (nSPS) is 18.1. The topological polar surface area (TPSA) is 50.4 Å².